The third-order valence-electron chi connectivity index (χ3n) is 7.06. The molecule has 1 atom stereocenters. The van der Waals surface area contributed by atoms with Gasteiger partial charge in [-0.05, 0) is 63.0 Å². The molecule has 196 valence electrons. The molecular weight excluding hydrogens is 458 g/mol. The van der Waals surface area contributed by atoms with Gasteiger partial charge in [0.1, 0.15) is 11.2 Å². The van der Waals surface area contributed by atoms with E-state index in [4.69, 9.17) is 18.9 Å². The van der Waals surface area contributed by atoms with Crippen molar-refractivity contribution in [2.45, 2.75) is 52.5 Å². The highest BCUT2D eigenvalue weighted by Crippen LogP contribution is 2.45. The van der Waals surface area contributed by atoms with Gasteiger partial charge in [-0.25, -0.2) is 0 Å². The summed E-state index contributed by atoms with van der Waals surface area (Å²) in [5, 5.41) is 0. The average Bonchev–Trinajstić information content (AvgIpc) is 3.18. The van der Waals surface area contributed by atoms with Crippen molar-refractivity contribution >= 4 is 11.8 Å². The number of ketones is 1. The second-order valence-electron chi connectivity index (χ2n) is 9.16. The highest BCUT2D eigenvalue weighted by Gasteiger charge is 2.52. The summed E-state index contributed by atoms with van der Waals surface area (Å²) in [5.74, 6) is 1.33. The van der Waals surface area contributed by atoms with Crippen LogP contribution in [0.3, 0.4) is 0 Å². The molecule has 0 radical (unpaired) electrons. The van der Waals surface area contributed by atoms with Gasteiger partial charge in [0, 0.05) is 17.7 Å². The monoisotopic (exact) mass is 497 g/mol. The lowest BCUT2D eigenvalue weighted by molar-refractivity contribution is -0.152. The normalized spacial score (nSPS) is 16.7. The molecule has 7 heteroatoms. The lowest BCUT2D eigenvalue weighted by Crippen LogP contribution is -2.39. The zero-order valence-electron chi connectivity index (χ0n) is 22.2. The van der Waals surface area contributed by atoms with Crippen molar-refractivity contribution in [2.75, 3.05) is 41.0 Å². The molecule has 0 bridgehead atoms. The van der Waals surface area contributed by atoms with Gasteiger partial charge >= 0.3 is 5.97 Å². The molecule has 0 aromatic heterocycles. The van der Waals surface area contributed by atoms with E-state index < -0.39 is 11.4 Å². The molecule has 3 rings (SSSR count). The Hall–Kier alpha value is -3.06. The molecule has 1 aliphatic rings. The number of carbonyl (C=O) groups is 2. The Labute approximate surface area is 214 Å². The van der Waals surface area contributed by atoms with Crippen molar-refractivity contribution in [2.24, 2.45) is 5.41 Å². The van der Waals surface area contributed by atoms with Crippen LogP contribution >= 0.6 is 0 Å². The minimum Gasteiger partial charge on any atom is -0.496 e. The molecule has 0 aliphatic heterocycles. The summed E-state index contributed by atoms with van der Waals surface area (Å²) in [7, 11) is 4.80. The second kappa shape index (κ2) is 12.8. The number of nitrogens with zero attached hydrogens (tertiary/aromatic N) is 1. The van der Waals surface area contributed by atoms with Crippen LogP contribution in [-0.4, -0.2) is 57.7 Å². The summed E-state index contributed by atoms with van der Waals surface area (Å²) in [5.41, 5.74) is 1.31. The Morgan fingerprint density at radius 3 is 2.31 bits per heavy atom. The third-order valence-corrected chi connectivity index (χ3v) is 7.06. The molecule has 0 heterocycles. The van der Waals surface area contributed by atoms with Gasteiger partial charge in [-0.1, -0.05) is 38.0 Å². The first-order valence-corrected chi connectivity index (χ1v) is 12.7. The van der Waals surface area contributed by atoms with E-state index in [1.807, 2.05) is 24.3 Å². The number of unbranched alkanes of at least 4 members (excludes halogenated alkanes) is 2. The van der Waals surface area contributed by atoms with Crippen LogP contribution in [0, 0.1) is 5.41 Å². The van der Waals surface area contributed by atoms with E-state index in [0.29, 0.717) is 29.9 Å². The second-order valence-corrected chi connectivity index (χ2v) is 9.16. The standard InChI is InChI=1S/C29H39NO6/c1-6-30(20-21-13-9-10-14-24(21)33-3)16-12-8-11-15-29(28(32)36-7-2)19-22-17-25(34-4)26(35-5)18-23(22)27(29)31/h9-10,13-14,17-18H,6-8,11-12,15-16,19-20H2,1-5H3. The Bertz CT molecular complexity index is 1050. The first kappa shape index (κ1) is 27.5. The number of hydrogen-bond donors (Lipinski definition) is 0. The van der Waals surface area contributed by atoms with Crippen molar-refractivity contribution in [3.63, 3.8) is 0 Å². The number of Topliss-reactive ketones (excluding diaryl/α,β-unsaturated/α-hetero) is 1. The first-order chi connectivity index (χ1) is 17.4. The minimum atomic E-state index is -1.18. The molecule has 2 aromatic carbocycles. The summed E-state index contributed by atoms with van der Waals surface area (Å²) < 4.78 is 21.7. The van der Waals surface area contributed by atoms with Gasteiger partial charge in [0.25, 0.3) is 0 Å². The van der Waals surface area contributed by atoms with Crippen LogP contribution in [0.5, 0.6) is 17.2 Å². The summed E-state index contributed by atoms with van der Waals surface area (Å²) in [4.78, 5) is 29.1. The maximum absolute atomic E-state index is 13.6. The van der Waals surface area contributed by atoms with Gasteiger partial charge in [0.15, 0.2) is 17.3 Å². The molecule has 1 aliphatic carbocycles. The number of fused-ring (bicyclic) bond motifs is 1. The van der Waals surface area contributed by atoms with E-state index in [2.05, 4.69) is 17.9 Å². The highest BCUT2D eigenvalue weighted by atomic mass is 16.5. The predicted octanol–water partition coefficient (Wildman–Crippen LogP) is 5.08. The molecule has 0 spiro atoms. The fraction of sp³-hybridized carbons (Fsp3) is 0.517. The van der Waals surface area contributed by atoms with Crippen molar-refractivity contribution in [1.82, 2.24) is 4.90 Å². The van der Waals surface area contributed by atoms with Crippen LogP contribution in [0.2, 0.25) is 0 Å². The van der Waals surface area contributed by atoms with E-state index in [1.165, 1.54) is 12.7 Å². The van der Waals surface area contributed by atoms with Crippen molar-refractivity contribution in [1.29, 1.82) is 0 Å². The van der Waals surface area contributed by atoms with E-state index in [1.54, 1.807) is 27.2 Å². The number of hydrogen-bond acceptors (Lipinski definition) is 7. The van der Waals surface area contributed by atoms with Gasteiger partial charge < -0.3 is 18.9 Å². The topological polar surface area (TPSA) is 74.3 Å². The number of para-hydroxylation sites is 1. The van der Waals surface area contributed by atoms with Gasteiger partial charge in [0.05, 0.1) is 27.9 Å². The Morgan fingerprint density at radius 2 is 1.64 bits per heavy atom. The van der Waals surface area contributed by atoms with Gasteiger partial charge in [0.2, 0.25) is 0 Å². The molecule has 0 amide bonds. The maximum atomic E-state index is 13.6. The molecule has 0 fully saturated rings. The number of rotatable bonds is 14. The fourth-order valence-electron chi connectivity index (χ4n) is 5.04. The van der Waals surface area contributed by atoms with Gasteiger partial charge in [-0.3, -0.25) is 14.5 Å². The summed E-state index contributed by atoms with van der Waals surface area (Å²) in [6, 6.07) is 11.6. The average molecular weight is 498 g/mol. The Kier molecular flexibility index (Phi) is 9.76. The quantitative estimate of drug-likeness (QED) is 0.205. The SMILES string of the molecule is CCOC(=O)C1(CCCCCN(CC)Cc2ccccc2OC)Cc2cc(OC)c(OC)cc2C1=O. The zero-order chi connectivity index (χ0) is 26.1. The van der Waals surface area contributed by atoms with Gasteiger partial charge in [-0.15, -0.1) is 0 Å². The van der Waals surface area contributed by atoms with E-state index in [0.717, 1.165) is 50.2 Å². The van der Waals surface area contributed by atoms with Gasteiger partial charge in [-0.2, -0.15) is 0 Å². The molecular formula is C29H39NO6. The number of carbonyl (C=O) groups excluding carboxylic acids is 2. The number of benzene rings is 2. The van der Waals surface area contributed by atoms with Crippen LogP contribution in [0.4, 0.5) is 0 Å². The fourth-order valence-corrected chi connectivity index (χ4v) is 5.04. The molecule has 1 unspecified atom stereocenters. The van der Waals surface area contributed by atoms with E-state index >= 15 is 0 Å². The maximum Gasteiger partial charge on any atom is 0.320 e. The zero-order valence-corrected chi connectivity index (χ0v) is 22.2. The largest absolute Gasteiger partial charge is 0.496 e. The first-order valence-electron chi connectivity index (χ1n) is 12.7. The molecule has 0 N–H and O–H groups in total. The number of ether oxygens (including phenoxy) is 4. The summed E-state index contributed by atoms with van der Waals surface area (Å²) >= 11 is 0. The summed E-state index contributed by atoms with van der Waals surface area (Å²) in [6.45, 7) is 6.86. The number of esters is 1. The molecule has 0 saturated heterocycles. The van der Waals surface area contributed by atoms with Crippen LogP contribution in [0.15, 0.2) is 36.4 Å². The lowest BCUT2D eigenvalue weighted by Gasteiger charge is -2.25. The Morgan fingerprint density at radius 1 is 0.944 bits per heavy atom. The van der Waals surface area contributed by atoms with Crippen LogP contribution in [0.1, 0.15) is 61.0 Å². The Balaban J connectivity index is 1.64. The third kappa shape index (κ3) is 5.84. The van der Waals surface area contributed by atoms with Crippen LogP contribution < -0.4 is 14.2 Å². The molecule has 7 nitrogen and oxygen atoms in total. The van der Waals surface area contributed by atoms with Crippen LogP contribution in [0.25, 0.3) is 0 Å². The molecule has 2 aromatic rings. The van der Waals surface area contributed by atoms with Crippen molar-refractivity contribution < 1.29 is 28.5 Å². The minimum absolute atomic E-state index is 0.178. The lowest BCUT2D eigenvalue weighted by atomic mass is 9.78. The van der Waals surface area contributed by atoms with E-state index in [9.17, 15) is 9.59 Å². The van der Waals surface area contributed by atoms with Crippen molar-refractivity contribution in [3.05, 3.63) is 53.1 Å². The number of methoxy groups -OCH3 is 3. The highest BCUT2D eigenvalue weighted by molar-refractivity contribution is 6.16. The predicted molar refractivity (Wildman–Crippen MR) is 139 cm³/mol. The molecule has 36 heavy (non-hydrogen) atoms. The van der Waals surface area contributed by atoms with Crippen molar-refractivity contribution in [3.8, 4) is 17.2 Å². The smallest absolute Gasteiger partial charge is 0.320 e. The molecule has 0 saturated carbocycles. The summed E-state index contributed by atoms with van der Waals surface area (Å²) in [6.07, 6.45) is 3.45. The van der Waals surface area contributed by atoms with E-state index in [-0.39, 0.29) is 12.4 Å². The van der Waals surface area contributed by atoms with Crippen LogP contribution in [-0.2, 0) is 22.5 Å².